The largest absolute Gasteiger partial charge is 0.507 e. The number of halogens is 1. The highest BCUT2D eigenvalue weighted by Crippen LogP contribution is 2.40. The number of hydrogen-bond donors (Lipinski definition) is 1. The van der Waals surface area contributed by atoms with Crippen LogP contribution in [0, 0.1) is 15.9 Å². The van der Waals surface area contributed by atoms with Crippen molar-refractivity contribution in [1.29, 1.82) is 0 Å². The predicted octanol–water partition coefficient (Wildman–Crippen LogP) is 3.75. The van der Waals surface area contributed by atoms with Crippen molar-refractivity contribution in [2.45, 2.75) is 12.6 Å². The summed E-state index contributed by atoms with van der Waals surface area (Å²) in [4.78, 5) is 41.7. The highest BCUT2D eigenvalue weighted by molar-refractivity contribution is 6.46. The zero-order valence-corrected chi connectivity index (χ0v) is 16.5. The Morgan fingerprint density at radius 1 is 1.12 bits per heavy atom. The molecule has 160 valence electrons. The standard InChI is InChI=1S/C23H16FN3O5/c24-17-8-6-14(7-9-17)13-26-20(16-4-2-10-25-12-16)19(22(29)23(26)30)21(28)15-3-1-5-18(11-15)27(31)32/h1-12,20,28H,13H2/b21-19-. The van der Waals surface area contributed by atoms with Crippen LogP contribution in [0.1, 0.15) is 22.7 Å². The van der Waals surface area contributed by atoms with Gasteiger partial charge in [0, 0.05) is 36.6 Å². The van der Waals surface area contributed by atoms with Crippen LogP contribution in [0.4, 0.5) is 10.1 Å². The zero-order chi connectivity index (χ0) is 22.8. The van der Waals surface area contributed by atoms with E-state index >= 15 is 0 Å². The van der Waals surface area contributed by atoms with Gasteiger partial charge in [-0.05, 0) is 29.3 Å². The molecule has 1 N–H and O–H groups in total. The van der Waals surface area contributed by atoms with E-state index in [9.17, 15) is 29.2 Å². The molecule has 1 amide bonds. The molecule has 0 saturated carbocycles. The molecule has 1 saturated heterocycles. The van der Waals surface area contributed by atoms with Gasteiger partial charge in [-0.15, -0.1) is 0 Å². The smallest absolute Gasteiger partial charge is 0.295 e. The molecule has 1 aliphatic rings. The lowest BCUT2D eigenvalue weighted by molar-refractivity contribution is -0.384. The van der Waals surface area contributed by atoms with Gasteiger partial charge in [0.05, 0.1) is 16.5 Å². The molecule has 2 heterocycles. The fourth-order valence-corrected chi connectivity index (χ4v) is 3.64. The number of amides is 1. The molecule has 1 aromatic heterocycles. The Balaban J connectivity index is 1.85. The summed E-state index contributed by atoms with van der Waals surface area (Å²) in [7, 11) is 0. The van der Waals surface area contributed by atoms with E-state index in [1.165, 1.54) is 59.8 Å². The van der Waals surface area contributed by atoms with Crippen molar-refractivity contribution in [2.75, 3.05) is 0 Å². The molecule has 0 aliphatic carbocycles. The number of aromatic nitrogens is 1. The van der Waals surface area contributed by atoms with E-state index in [4.69, 9.17) is 0 Å². The number of nitrogens with zero attached hydrogens (tertiary/aromatic N) is 3. The Bertz CT molecular complexity index is 1240. The maximum absolute atomic E-state index is 13.3. The van der Waals surface area contributed by atoms with Gasteiger partial charge < -0.3 is 10.0 Å². The Labute approximate surface area is 181 Å². The summed E-state index contributed by atoms with van der Waals surface area (Å²) in [5.74, 6) is -2.74. The number of rotatable bonds is 5. The first-order chi connectivity index (χ1) is 15.4. The molecule has 0 bridgehead atoms. The van der Waals surface area contributed by atoms with Gasteiger partial charge in [0.2, 0.25) is 0 Å². The first-order valence-corrected chi connectivity index (χ1v) is 9.54. The lowest BCUT2D eigenvalue weighted by Gasteiger charge is -2.25. The number of carbonyl (C=O) groups excluding carboxylic acids is 2. The van der Waals surface area contributed by atoms with E-state index in [0.717, 1.165) is 6.07 Å². The Morgan fingerprint density at radius 3 is 2.53 bits per heavy atom. The third kappa shape index (κ3) is 3.83. The monoisotopic (exact) mass is 433 g/mol. The summed E-state index contributed by atoms with van der Waals surface area (Å²) < 4.78 is 13.3. The predicted molar refractivity (Wildman–Crippen MR) is 112 cm³/mol. The molecule has 32 heavy (non-hydrogen) atoms. The Hall–Kier alpha value is -4.40. The molecule has 8 nitrogen and oxygen atoms in total. The molecular formula is C23H16FN3O5. The van der Waals surface area contributed by atoms with Gasteiger partial charge in [0.15, 0.2) is 0 Å². The molecular weight excluding hydrogens is 417 g/mol. The SMILES string of the molecule is O=C1C(=O)N(Cc2ccc(F)cc2)C(c2cccnc2)/C1=C(/O)c1cccc([N+](=O)[O-])c1. The van der Waals surface area contributed by atoms with Crippen LogP contribution in [-0.4, -0.2) is 31.6 Å². The van der Waals surface area contributed by atoms with Gasteiger partial charge in [-0.1, -0.05) is 30.3 Å². The topological polar surface area (TPSA) is 114 Å². The average molecular weight is 433 g/mol. The van der Waals surface area contributed by atoms with E-state index in [0.29, 0.717) is 11.1 Å². The van der Waals surface area contributed by atoms with Crippen LogP contribution >= 0.6 is 0 Å². The second kappa shape index (κ2) is 8.38. The molecule has 0 spiro atoms. The van der Waals surface area contributed by atoms with Crippen LogP contribution in [-0.2, 0) is 16.1 Å². The van der Waals surface area contributed by atoms with Crippen LogP contribution in [0.3, 0.4) is 0 Å². The van der Waals surface area contributed by atoms with Gasteiger partial charge in [0.25, 0.3) is 17.4 Å². The van der Waals surface area contributed by atoms with Crippen LogP contribution < -0.4 is 0 Å². The molecule has 4 rings (SSSR count). The van der Waals surface area contributed by atoms with Crippen LogP contribution in [0.15, 0.2) is 78.6 Å². The van der Waals surface area contributed by atoms with Gasteiger partial charge in [-0.2, -0.15) is 0 Å². The van der Waals surface area contributed by atoms with Crippen molar-refractivity contribution in [3.05, 3.63) is 111 Å². The molecule has 1 aliphatic heterocycles. The fraction of sp³-hybridized carbons (Fsp3) is 0.0870. The summed E-state index contributed by atoms with van der Waals surface area (Å²) in [5.41, 5.74) is 0.615. The minimum absolute atomic E-state index is 0.0177. The number of aliphatic hydroxyl groups is 1. The van der Waals surface area contributed by atoms with E-state index in [1.807, 2.05) is 0 Å². The number of hydrogen-bond acceptors (Lipinski definition) is 6. The minimum atomic E-state index is -0.979. The number of nitro benzene ring substituents is 1. The number of carbonyl (C=O) groups is 2. The highest BCUT2D eigenvalue weighted by Gasteiger charge is 2.46. The van der Waals surface area contributed by atoms with Crippen LogP contribution in [0.25, 0.3) is 5.76 Å². The van der Waals surface area contributed by atoms with E-state index < -0.39 is 34.2 Å². The summed E-state index contributed by atoms with van der Waals surface area (Å²) in [6.07, 6.45) is 2.99. The van der Waals surface area contributed by atoms with E-state index in [2.05, 4.69) is 4.98 Å². The van der Waals surface area contributed by atoms with Crippen LogP contribution in [0.2, 0.25) is 0 Å². The fourth-order valence-electron chi connectivity index (χ4n) is 3.64. The second-order valence-corrected chi connectivity index (χ2v) is 7.15. The van der Waals surface area contributed by atoms with Crippen molar-refractivity contribution < 1.29 is 24.0 Å². The zero-order valence-electron chi connectivity index (χ0n) is 16.5. The first-order valence-electron chi connectivity index (χ1n) is 9.54. The molecule has 1 unspecified atom stereocenters. The minimum Gasteiger partial charge on any atom is -0.507 e. The number of Topliss-reactive ketones (excluding diaryl/α,β-unsaturated/α-hetero) is 1. The van der Waals surface area contributed by atoms with Crippen LogP contribution in [0.5, 0.6) is 0 Å². The molecule has 9 heteroatoms. The van der Waals surface area contributed by atoms with Gasteiger partial charge in [-0.25, -0.2) is 4.39 Å². The second-order valence-electron chi connectivity index (χ2n) is 7.15. The number of non-ortho nitro benzene ring substituents is 1. The van der Waals surface area contributed by atoms with Crippen molar-refractivity contribution >= 4 is 23.1 Å². The average Bonchev–Trinajstić information content (AvgIpc) is 3.05. The van der Waals surface area contributed by atoms with Gasteiger partial charge >= 0.3 is 0 Å². The van der Waals surface area contributed by atoms with Crippen molar-refractivity contribution in [3.8, 4) is 0 Å². The third-order valence-electron chi connectivity index (χ3n) is 5.14. The van der Waals surface area contributed by atoms with E-state index in [-0.39, 0.29) is 23.4 Å². The lowest BCUT2D eigenvalue weighted by Crippen LogP contribution is -2.29. The normalized spacial score (nSPS) is 17.5. The summed E-state index contributed by atoms with van der Waals surface area (Å²) in [5, 5.41) is 22.1. The number of benzene rings is 2. The number of likely N-dealkylation sites (tertiary alicyclic amines) is 1. The summed E-state index contributed by atoms with van der Waals surface area (Å²) in [6.45, 7) is -0.0177. The van der Waals surface area contributed by atoms with Crippen molar-refractivity contribution in [1.82, 2.24) is 9.88 Å². The summed E-state index contributed by atoms with van der Waals surface area (Å²) >= 11 is 0. The van der Waals surface area contributed by atoms with Crippen molar-refractivity contribution in [2.24, 2.45) is 0 Å². The first kappa shape index (κ1) is 20.9. The lowest BCUT2D eigenvalue weighted by atomic mass is 9.96. The maximum Gasteiger partial charge on any atom is 0.295 e. The number of ketones is 1. The quantitative estimate of drug-likeness (QED) is 0.216. The maximum atomic E-state index is 13.3. The number of nitro groups is 1. The number of pyridine rings is 1. The van der Waals surface area contributed by atoms with Crippen molar-refractivity contribution in [3.63, 3.8) is 0 Å². The molecule has 3 aromatic rings. The van der Waals surface area contributed by atoms with Gasteiger partial charge in [0.1, 0.15) is 11.6 Å². The molecule has 2 aromatic carbocycles. The molecule has 1 atom stereocenters. The Morgan fingerprint density at radius 2 is 1.88 bits per heavy atom. The number of aliphatic hydroxyl groups excluding tert-OH is 1. The summed E-state index contributed by atoms with van der Waals surface area (Å²) in [6, 6.07) is 13.0. The molecule has 0 radical (unpaired) electrons. The van der Waals surface area contributed by atoms with Gasteiger partial charge in [-0.3, -0.25) is 24.7 Å². The third-order valence-corrected chi connectivity index (χ3v) is 5.14. The Kier molecular flexibility index (Phi) is 5.46. The highest BCUT2D eigenvalue weighted by atomic mass is 19.1. The molecule has 1 fully saturated rings. The van der Waals surface area contributed by atoms with E-state index in [1.54, 1.807) is 12.1 Å².